The highest BCUT2D eigenvalue weighted by Gasteiger charge is 2.47. The van der Waals surface area contributed by atoms with E-state index >= 15 is 0 Å². The molecule has 88 valence electrons. The van der Waals surface area contributed by atoms with E-state index in [2.05, 4.69) is 17.2 Å². The summed E-state index contributed by atoms with van der Waals surface area (Å²) >= 11 is 1.80. The van der Waals surface area contributed by atoms with E-state index in [9.17, 15) is 0 Å². The van der Waals surface area contributed by atoms with Gasteiger partial charge in [0, 0.05) is 17.1 Å². The SMILES string of the molecule is CCNC(Cc1cncs1)C1CC2CC2C1. The molecule has 1 aromatic rings. The summed E-state index contributed by atoms with van der Waals surface area (Å²) in [6.45, 7) is 3.31. The zero-order valence-corrected chi connectivity index (χ0v) is 10.7. The maximum absolute atomic E-state index is 4.18. The monoisotopic (exact) mass is 236 g/mol. The molecule has 16 heavy (non-hydrogen) atoms. The molecule has 3 heteroatoms. The predicted molar refractivity (Wildman–Crippen MR) is 67.6 cm³/mol. The molecule has 3 unspecified atom stereocenters. The van der Waals surface area contributed by atoms with E-state index in [1.807, 2.05) is 11.7 Å². The summed E-state index contributed by atoms with van der Waals surface area (Å²) in [6, 6.07) is 0.693. The predicted octanol–water partition coefficient (Wildman–Crippen LogP) is 2.71. The van der Waals surface area contributed by atoms with Gasteiger partial charge in [-0.2, -0.15) is 0 Å². The lowest BCUT2D eigenvalue weighted by Gasteiger charge is -2.25. The second-order valence-electron chi connectivity index (χ2n) is 5.32. The second-order valence-corrected chi connectivity index (χ2v) is 6.29. The Bertz CT molecular complexity index is 326. The molecule has 2 aliphatic carbocycles. The average Bonchev–Trinajstić information content (AvgIpc) is 2.72. The van der Waals surface area contributed by atoms with Crippen molar-refractivity contribution in [1.29, 1.82) is 0 Å². The standard InChI is InChI=1S/C13H20N2S/c1-2-15-13(6-12-7-14-8-16-12)11-4-9-3-10(9)5-11/h7-11,13,15H,2-6H2,1H3. The largest absolute Gasteiger partial charge is 0.314 e. The van der Waals surface area contributed by atoms with Crippen LogP contribution in [0.5, 0.6) is 0 Å². The van der Waals surface area contributed by atoms with E-state index in [1.165, 1.54) is 30.6 Å². The lowest BCUT2D eigenvalue weighted by atomic mass is 9.92. The number of nitrogens with zero attached hydrogens (tertiary/aromatic N) is 1. The van der Waals surface area contributed by atoms with Crippen LogP contribution in [0.25, 0.3) is 0 Å². The van der Waals surface area contributed by atoms with E-state index < -0.39 is 0 Å². The molecule has 1 aromatic heterocycles. The van der Waals surface area contributed by atoms with E-state index in [4.69, 9.17) is 0 Å². The Hall–Kier alpha value is -0.410. The van der Waals surface area contributed by atoms with E-state index in [-0.39, 0.29) is 0 Å². The lowest BCUT2D eigenvalue weighted by molar-refractivity contribution is 0.338. The van der Waals surface area contributed by atoms with Gasteiger partial charge in [-0.05, 0) is 50.0 Å². The molecule has 3 atom stereocenters. The summed E-state index contributed by atoms with van der Waals surface area (Å²) < 4.78 is 0. The molecule has 1 heterocycles. The highest BCUT2D eigenvalue weighted by molar-refractivity contribution is 7.09. The van der Waals surface area contributed by atoms with Crippen LogP contribution < -0.4 is 5.32 Å². The van der Waals surface area contributed by atoms with Crippen LogP contribution in [0.4, 0.5) is 0 Å². The van der Waals surface area contributed by atoms with Crippen molar-refractivity contribution in [1.82, 2.24) is 10.3 Å². The van der Waals surface area contributed by atoms with Gasteiger partial charge in [0.2, 0.25) is 0 Å². The molecule has 2 fully saturated rings. The van der Waals surface area contributed by atoms with Crippen LogP contribution in [0.2, 0.25) is 0 Å². The van der Waals surface area contributed by atoms with Crippen LogP contribution in [-0.4, -0.2) is 17.6 Å². The molecule has 0 bridgehead atoms. The second kappa shape index (κ2) is 4.46. The molecule has 0 saturated heterocycles. The molecular weight excluding hydrogens is 216 g/mol. The lowest BCUT2D eigenvalue weighted by Crippen LogP contribution is -2.37. The average molecular weight is 236 g/mol. The molecule has 2 aliphatic rings. The van der Waals surface area contributed by atoms with Crippen molar-refractivity contribution in [2.75, 3.05) is 6.54 Å². The Labute approximate surface area is 101 Å². The maximum Gasteiger partial charge on any atom is 0.0794 e. The highest BCUT2D eigenvalue weighted by Crippen LogP contribution is 2.55. The van der Waals surface area contributed by atoms with E-state index in [1.54, 1.807) is 11.3 Å². The number of fused-ring (bicyclic) bond motifs is 1. The topological polar surface area (TPSA) is 24.9 Å². The smallest absolute Gasteiger partial charge is 0.0794 e. The molecule has 0 spiro atoms. The van der Waals surface area contributed by atoms with Gasteiger partial charge >= 0.3 is 0 Å². The minimum atomic E-state index is 0.693. The van der Waals surface area contributed by atoms with Gasteiger partial charge in [-0.25, -0.2) is 0 Å². The summed E-state index contributed by atoms with van der Waals surface area (Å²) in [4.78, 5) is 5.61. The van der Waals surface area contributed by atoms with Crippen LogP contribution in [0.15, 0.2) is 11.7 Å². The first kappa shape index (κ1) is 10.7. The first-order chi connectivity index (χ1) is 7.86. The van der Waals surface area contributed by atoms with Gasteiger partial charge in [-0.15, -0.1) is 11.3 Å². The minimum absolute atomic E-state index is 0.693. The maximum atomic E-state index is 4.18. The van der Waals surface area contributed by atoms with Crippen molar-refractivity contribution >= 4 is 11.3 Å². The normalized spacial score (nSPS) is 33.7. The molecule has 2 saturated carbocycles. The Morgan fingerprint density at radius 2 is 2.25 bits per heavy atom. The van der Waals surface area contributed by atoms with Crippen molar-refractivity contribution in [3.05, 3.63) is 16.6 Å². The van der Waals surface area contributed by atoms with Gasteiger partial charge < -0.3 is 5.32 Å². The number of thiazole rings is 1. The van der Waals surface area contributed by atoms with Gasteiger partial charge in [0.15, 0.2) is 0 Å². The third-order valence-electron chi connectivity index (χ3n) is 4.22. The first-order valence-corrected chi connectivity index (χ1v) is 7.35. The van der Waals surface area contributed by atoms with Crippen LogP contribution in [-0.2, 0) is 6.42 Å². The Kier molecular flexibility index (Phi) is 2.99. The molecule has 0 aromatic carbocycles. The van der Waals surface area contributed by atoms with Gasteiger partial charge in [-0.3, -0.25) is 4.98 Å². The fraction of sp³-hybridized carbons (Fsp3) is 0.769. The van der Waals surface area contributed by atoms with Crippen LogP contribution in [0, 0.1) is 17.8 Å². The number of rotatable bonds is 5. The quantitative estimate of drug-likeness (QED) is 0.850. The molecule has 3 rings (SSSR count). The Morgan fingerprint density at radius 3 is 2.88 bits per heavy atom. The minimum Gasteiger partial charge on any atom is -0.314 e. The molecular formula is C13H20N2S. The molecule has 2 nitrogen and oxygen atoms in total. The number of nitrogens with one attached hydrogen (secondary N) is 1. The number of hydrogen-bond acceptors (Lipinski definition) is 3. The van der Waals surface area contributed by atoms with E-state index in [0.29, 0.717) is 6.04 Å². The fourth-order valence-corrected chi connectivity index (χ4v) is 3.97. The molecule has 0 aliphatic heterocycles. The first-order valence-electron chi connectivity index (χ1n) is 6.47. The molecule has 1 N–H and O–H groups in total. The third-order valence-corrected chi connectivity index (χ3v) is 5.02. The summed E-state index contributed by atoms with van der Waals surface area (Å²) in [7, 11) is 0. The van der Waals surface area contributed by atoms with Crippen LogP contribution in [0.1, 0.15) is 31.1 Å². The summed E-state index contributed by atoms with van der Waals surface area (Å²) in [6.07, 6.45) is 7.69. The van der Waals surface area contributed by atoms with Crippen molar-refractivity contribution in [2.45, 2.75) is 38.6 Å². The fourth-order valence-electron chi connectivity index (χ4n) is 3.32. The Balaban J connectivity index is 1.61. The molecule has 0 amide bonds. The van der Waals surface area contributed by atoms with Gasteiger partial charge in [0.05, 0.1) is 5.51 Å². The van der Waals surface area contributed by atoms with Crippen molar-refractivity contribution < 1.29 is 0 Å². The molecule has 0 radical (unpaired) electrons. The van der Waals surface area contributed by atoms with Crippen molar-refractivity contribution in [3.63, 3.8) is 0 Å². The summed E-state index contributed by atoms with van der Waals surface area (Å²) in [5.74, 6) is 3.10. The van der Waals surface area contributed by atoms with Crippen molar-refractivity contribution in [2.24, 2.45) is 17.8 Å². The zero-order chi connectivity index (χ0) is 11.0. The van der Waals surface area contributed by atoms with Gasteiger partial charge in [0.1, 0.15) is 0 Å². The highest BCUT2D eigenvalue weighted by atomic mass is 32.1. The summed E-state index contributed by atoms with van der Waals surface area (Å²) in [5.41, 5.74) is 1.95. The number of hydrogen-bond donors (Lipinski definition) is 1. The zero-order valence-electron chi connectivity index (χ0n) is 9.86. The van der Waals surface area contributed by atoms with Gasteiger partial charge in [0.25, 0.3) is 0 Å². The number of likely N-dealkylation sites (N-methyl/N-ethyl adjacent to an activating group) is 1. The van der Waals surface area contributed by atoms with Crippen LogP contribution >= 0.6 is 11.3 Å². The van der Waals surface area contributed by atoms with Crippen molar-refractivity contribution in [3.8, 4) is 0 Å². The van der Waals surface area contributed by atoms with Gasteiger partial charge in [-0.1, -0.05) is 6.92 Å². The number of aromatic nitrogens is 1. The third kappa shape index (κ3) is 2.16. The summed E-state index contributed by atoms with van der Waals surface area (Å²) in [5, 5.41) is 3.68. The Morgan fingerprint density at radius 1 is 1.44 bits per heavy atom. The van der Waals surface area contributed by atoms with Crippen LogP contribution in [0.3, 0.4) is 0 Å². The van der Waals surface area contributed by atoms with E-state index in [0.717, 1.165) is 24.3 Å².